The predicted molar refractivity (Wildman–Crippen MR) is 74.6 cm³/mol. The molecule has 1 fully saturated rings. The number of hydrogen-bond donors (Lipinski definition) is 2. The van der Waals surface area contributed by atoms with Gasteiger partial charge in [-0.15, -0.1) is 0 Å². The normalized spacial score (nSPS) is 18.4. The Hall–Kier alpha value is -2.44. The molecule has 1 saturated heterocycles. The molecule has 1 amide bonds. The lowest BCUT2D eigenvalue weighted by Crippen LogP contribution is -2.37. The molecule has 1 aromatic heterocycles. The van der Waals surface area contributed by atoms with Gasteiger partial charge in [-0.1, -0.05) is 0 Å². The number of methoxy groups -OCH3 is 1. The van der Waals surface area contributed by atoms with E-state index >= 15 is 0 Å². The number of benzene rings is 1. The fourth-order valence-electron chi connectivity index (χ4n) is 2.34. The molecule has 3 rings (SSSR count). The summed E-state index contributed by atoms with van der Waals surface area (Å²) in [5.74, 6) is 0. The summed E-state index contributed by atoms with van der Waals surface area (Å²) in [6.45, 7) is 1.42. The Labute approximate surface area is 115 Å². The highest BCUT2D eigenvalue weighted by atomic mass is 16.5. The SMILES string of the molecule is COC(=O)NC1CCN(c2nc3cc(N)ccc3o2)C1. The highest BCUT2D eigenvalue weighted by Crippen LogP contribution is 2.26. The summed E-state index contributed by atoms with van der Waals surface area (Å²) in [6.07, 6.45) is 0.415. The van der Waals surface area contributed by atoms with Crippen LogP contribution in [0.15, 0.2) is 22.6 Å². The van der Waals surface area contributed by atoms with Crippen molar-refractivity contribution in [3.63, 3.8) is 0 Å². The molecule has 7 nitrogen and oxygen atoms in total. The van der Waals surface area contributed by atoms with Gasteiger partial charge in [-0.3, -0.25) is 0 Å². The van der Waals surface area contributed by atoms with Crippen LogP contribution in [0.2, 0.25) is 0 Å². The van der Waals surface area contributed by atoms with Gasteiger partial charge in [-0.2, -0.15) is 4.98 Å². The first-order valence-electron chi connectivity index (χ1n) is 6.41. The summed E-state index contributed by atoms with van der Waals surface area (Å²) in [5.41, 5.74) is 7.83. The molecule has 2 heterocycles. The van der Waals surface area contributed by atoms with Crippen molar-refractivity contribution in [2.75, 3.05) is 30.8 Å². The van der Waals surface area contributed by atoms with Gasteiger partial charge in [0.1, 0.15) is 5.52 Å². The number of hydrogen-bond acceptors (Lipinski definition) is 6. The monoisotopic (exact) mass is 276 g/mol. The molecule has 1 unspecified atom stereocenters. The number of oxazole rings is 1. The number of nitrogens with one attached hydrogen (secondary N) is 1. The van der Waals surface area contributed by atoms with Crippen molar-refractivity contribution < 1.29 is 13.9 Å². The van der Waals surface area contributed by atoms with Crippen molar-refractivity contribution in [2.45, 2.75) is 12.5 Å². The molecule has 20 heavy (non-hydrogen) atoms. The Morgan fingerprint density at radius 3 is 3.25 bits per heavy atom. The third kappa shape index (κ3) is 2.34. The number of fused-ring (bicyclic) bond motifs is 1. The van der Waals surface area contributed by atoms with Gasteiger partial charge in [-0.05, 0) is 24.6 Å². The highest BCUT2D eigenvalue weighted by Gasteiger charge is 2.27. The van der Waals surface area contributed by atoms with E-state index in [4.69, 9.17) is 10.2 Å². The minimum absolute atomic E-state index is 0.0440. The summed E-state index contributed by atoms with van der Waals surface area (Å²) >= 11 is 0. The number of carbonyl (C=O) groups excluding carboxylic acids is 1. The van der Waals surface area contributed by atoms with Gasteiger partial charge in [-0.25, -0.2) is 4.79 Å². The van der Waals surface area contributed by atoms with Crippen LogP contribution in [0.5, 0.6) is 0 Å². The summed E-state index contributed by atoms with van der Waals surface area (Å²) < 4.78 is 10.3. The van der Waals surface area contributed by atoms with Crippen LogP contribution in [0.3, 0.4) is 0 Å². The molecule has 1 aliphatic heterocycles. The molecular weight excluding hydrogens is 260 g/mol. The maximum atomic E-state index is 11.2. The fourth-order valence-corrected chi connectivity index (χ4v) is 2.34. The molecule has 0 saturated carbocycles. The summed E-state index contributed by atoms with van der Waals surface area (Å²) in [5, 5.41) is 2.78. The zero-order chi connectivity index (χ0) is 14.1. The van der Waals surface area contributed by atoms with Gasteiger partial charge in [0.15, 0.2) is 5.58 Å². The number of amides is 1. The van der Waals surface area contributed by atoms with Crippen LogP contribution in [0, 0.1) is 0 Å². The minimum atomic E-state index is -0.415. The van der Waals surface area contributed by atoms with Gasteiger partial charge in [0.2, 0.25) is 0 Å². The van der Waals surface area contributed by atoms with Crippen molar-refractivity contribution in [1.82, 2.24) is 10.3 Å². The minimum Gasteiger partial charge on any atom is -0.453 e. The van der Waals surface area contributed by atoms with Crippen LogP contribution < -0.4 is 16.0 Å². The first-order valence-corrected chi connectivity index (χ1v) is 6.41. The van der Waals surface area contributed by atoms with Crippen molar-refractivity contribution in [2.24, 2.45) is 0 Å². The van der Waals surface area contributed by atoms with E-state index in [2.05, 4.69) is 15.0 Å². The Morgan fingerprint density at radius 2 is 2.45 bits per heavy atom. The third-order valence-electron chi connectivity index (χ3n) is 3.37. The van der Waals surface area contributed by atoms with Gasteiger partial charge < -0.3 is 25.1 Å². The fraction of sp³-hybridized carbons (Fsp3) is 0.385. The van der Waals surface area contributed by atoms with E-state index in [1.54, 1.807) is 18.2 Å². The molecule has 7 heteroatoms. The first-order chi connectivity index (χ1) is 9.65. The zero-order valence-corrected chi connectivity index (χ0v) is 11.1. The summed E-state index contributed by atoms with van der Waals surface area (Å²) in [4.78, 5) is 17.6. The van der Waals surface area contributed by atoms with Crippen LogP contribution in [-0.4, -0.2) is 37.3 Å². The number of nitrogens with zero attached hydrogens (tertiary/aromatic N) is 2. The molecular formula is C13H16N4O3. The number of ether oxygens (including phenoxy) is 1. The van der Waals surface area contributed by atoms with Gasteiger partial charge in [0.05, 0.1) is 13.2 Å². The number of alkyl carbamates (subject to hydrolysis) is 1. The van der Waals surface area contributed by atoms with E-state index in [1.165, 1.54) is 7.11 Å². The molecule has 0 spiro atoms. The topological polar surface area (TPSA) is 93.6 Å². The standard InChI is InChI=1S/C13H16N4O3/c1-19-13(18)15-9-4-5-17(7-9)12-16-10-6-8(14)2-3-11(10)20-12/h2-3,6,9H,4-5,7,14H2,1H3,(H,15,18). The Bertz CT molecular complexity index is 640. The summed E-state index contributed by atoms with van der Waals surface area (Å²) in [6, 6.07) is 5.97. The number of nitrogen functional groups attached to an aromatic ring is 1. The molecule has 1 aliphatic rings. The van der Waals surface area contributed by atoms with Crippen LogP contribution >= 0.6 is 0 Å². The van der Waals surface area contributed by atoms with Crippen LogP contribution in [0.4, 0.5) is 16.5 Å². The molecule has 0 bridgehead atoms. The molecule has 0 aliphatic carbocycles. The Morgan fingerprint density at radius 1 is 1.60 bits per heavy atom. The number of aromatic nitrogens is 1. The Balaban J connectivity index is 1.74. The number of carbonyl (C=O) groups is 1. The average Bonchev–Trinajstić information content (AvgIpc) is 3.04. The molecule has 3 N–H and O–H groups in total. The van der Waals surface area contributed by atoms with Gasteiger partial charge in [0, 0.05) is 18.8 Å². The smallest absolute Gasteiger partial charge is 0.407 e. The third-order valence-corrected chi connectivity index (χ3v) is 3.37. The van der Waals surface area contributed by atoms with E-state index in [0.717, 1.165) is 18.5 Å². The van der Waals surface area contributed by atoms with E-state index in [-0.39, 0.29) is 6.04 Å². The molecule has 1 atom stereocenters. The lowest BCUT2D eigenvalue weighted by molar-refractivity contribution is 0.167. The van der Waals surface area contributed by atoms with E-state index in [0.29, 0.717) is 23.8 Å². The first kappa shape index (κ1) is 12.6. The van der Waals surface area contributed by atoms with Crippen LogP contribution in [-0.2, 0) is 4.74 Å². The van der Waals surface area contributed by atoms with Crippen molar-refractivity contribution in [1.29, 1.82) is 0 Å². The van der Waals surface area contributed by atoms with Crippen LogP contribution in [0.25, 0.3) is 11.1 Å². The maximum Gasteiger partial charge on any atom is 0.407 e. The molecule has 106 valence electrons. The number of nitrogens with two attached hydrogens (primary N) is 1. The Kier molecular flexibility index (Phi) is 3.09. The van der Waals surface area contributed by atoms with E-state index in [9.17, 15) is 4.79 Å². The van der Waals surface area contributed by atoms with E-state index in [1.807, 2.05) is 4.90 Å². The second-order valence-corrected chi connectivity index (χ2v) is 4.79. The van der Waals surface area contributed by atoms with Crippen LogP contribution in [0.1, 0.15) is 6.42 Å². The highest BCUT2D eigenvalue weighted by molar-refractivity contribution is 5.78. The molecule has 1 aromatic carbocycles. The molecule has 0 radical (unpaired) electrons. The maximum absolute atomic E-state index is 11.2. The van der Waals surface area contributed by atoms with Crippen molar-refractivity contribution in [3.05, 3.63) is 18.2 Å². The molecule has 2 aromatic rings. The largest absolute Gasteiger partial charge is 0.453 e. The average molecular weight is 276 g/mol. The number of rotatable bonds is 2. The second kappa shape index (κ2) is 4.92. The number of anilines is 2. The summed E-state index contributed by atoms with van der Waals surface area (Å²) in [7, 11) is 1.35. The van der Waals surface area contributed by atoms with Crippen molar-refractivity contribution >= 4 is 28.9 Å². The van der Waals surface area contributed by atoms with E-state index < -0.39 is 6.09 Å². The van der Waals surface area contributed by atoms with Gasteiger partial charge >= 0.3 is 6.09 Å². The van der Waals surface area contributed by atoms with Gasteiger partial charge in [0.25, 0.3) is 6.01 Å². The lowest BCUT2D eigenvalue weighted by atomic mass is 10.3. The second-order valence-electron chi connectivity index (χ2n) is 4.79. The predicted octanol–water partition coefficient (Wildman–Crippen LogP) is 1.34. The quantitative estimate of drug-likeness (QED) is 0.804. The van der Waals surface area contributed by atoms with Crippen molar-refractivity contribution in [3.8, 4) is 0 Å². The zero-order valence-electron chi connectivity index (χ0n) is 11.1. The lowest BCUT2D eigenvalue weighted by Gasteiger charge is -2.13.